The first-order valence-corrected chi connectivity index (χ1v) is 10.9. The standard InChI is InChI=1S/C20H20N4O6S/c1-4-19-21-18(22-30-19)11-24-15-7-6-13(10-17(15)29-20(24)25)31(26,27)23-14-9-12(2)5-8-16(14)28-3/h5-10,23H,4,11H2,1-3H3. The summed E-state index contributed by atoms with van der Waals surface area (Å²) >= 11 is 0. The fraction of sp³-hybridized carbons (Fsp3) is 0.250. The van der Waals surface area contributed by atoms with E-state index < -0.39 is 15.8 Å². The fourth-order valence-electron chi connectivity index (χ4n) is 3.11. The first kappa shape index (κ1) is 20.7. The van der Waals surface area contributed by atoms with Gasteiger partial charge in [-0.15, -0.1) is 0 Å². The maximum atomic E-state index is 12.9. The molecule has 0 aliphatic carbocycles. The molecule has 0 radical (unpaired) electrons. The monoisotopic (exact) mass is 444 g/mol. The lowest BCUT2D eigenvalue weighted by Crippen LogP contribution is -2.16. The molecular formula is C20H20N4O6S. The van der Waals surface area contributed by atoms with Crippen LogP contribution in [0.1, 0.15) is 24.2 Å². The van der Waals surface area contributed by atoms with Crippen LogP contribution in [-0.2, 0) is 23.0 Å². The van der Waals surface area contributed by atoms with Gasteiger partial charge in [-0.3, -0.25) is 9.29 Å². The minimum Gasteiger partial charge on any atom is -0.495 e. The van der Waals surface area contributed by atoms with Gasteiger partial charge in [-0.25, -0.2) is 13.2 Å². The molecule has 31 heavy (non-hydrogen) atoms. The van der Waals surface area contributed by atoms with Crippen LogP contribution >= 0.6 is 0 Å². The van der Waals surface area contributed by atoms with Crippen LogP contribution in [0.25, 0.3) is 11.1 Å². The highest BCUT2D eigenvalue weighted by molar-refractivity contribution is 7.92. The van der Waals surface area contributed by atoms with Gasteiger partial charge in [0.1, 0.15) is 5.75 Å². The molecule has 0 fully saturated rings. The molecule has 0 unspecified atom stereocenters. The molecule has 10 nitrogen and oxygen atoms in total. The summed E-state index contributed by atoms with van der Waals surface area (Å²) in [5.74, 6) is 0.522. The van der Waals surface area contributed by atoms with Crippen molar-refractivity contribution < 1.29 is 22.1 Å². The molecule has 0 aliphatic rings. The smallest absolute Gasteiger partial charge is 0.420 e. The number of ether oxygens (including phenoxy) is 1. The first-order chi connectivity index (χ1) is 14.8. The van der Waals surface area contributed by atoms with Crippen LogP contribution in [0.2, 0.25) is 0 Å². The largest absolute Gasteiger partial charge is 0.495 e. The minimum absolute atomic E-state index is 0.0418. The van der Waals surface area contributed by atoms with Crippen molar-refractivity contribution in [2.24, 2.45) is 0 Å². The van der Waals surface area contributed by atoms with Crippen molar-refractivity contribution >= 4 is 26.8 Å². The number of sulfonamides is 1. The molecule has 0 aliphatic heterocycles. The van der Waals surface area contributed by atoms with Crippen molar-refractivity contribution in [2.45, 2.75) is 31.7 Å². The number of benzene rings is 2. The Bertz CT molecular complexity index is 1420. The lowest BCUT2D eigenvalue weighted by Gasteiger charge is -2.12. The molecule has 0 amide bonds. The summed E-state index contributed by atoms with van der Waals surface area (Å²) in [5, 5.41) is 3.83. The van der Waals surface area contributed by atoms with Crippen molar-refractivity contribution in [3.8, 4) is 5.75 Å². The van der Waals surface area contributed by atoms with Gasteiger partial charge in [-0.05, 0) is 36.8 Å². The van der Waals surface area contributed by atoms with Gasteiger partial charge in [0.25, 0.3) is 10.0 Å². The number of aryl methyl sites for hydroxylation is 2. The summed E-state index contributed by atoms with van der Waals surface area (Å²) < 4.78 is 45.2. The summed E-state index contributed by atoms with van der Waals surface area (Å²) in [6.07, 6.45) is 0.577. The molecule has 2 heterocycles. The number of anilines is 1. The molecule has 162 valence electrons. The van der Waals surface area contributed by atoms with Crippen molar-refractivity contribution in [3.05, 3.63) is 64.2 Å². The molecule has 0 atom stereocenters. The molecule has 0 saturated carbocycles. The van der Waals surface area contributed by atoms with Crippen molar-refractivity contribution in [2.75, 3.05) is 11.8 Å². The second kappa shape index (κ2) is 7.91. The Hall–Kier alpha value is -3.60. The number of fused-ring (bicyclic) bond motifs is 1. The van der Waals surface area contributed by atoms with Gasteiger partial charge in [0, 0.05) is 12.5 Å². The van der Waals surface area contributed by atoms with Crippen LogP contribution in [0.3, 0.4) is 0 Å². The zero-order chi connectivity index (χ0) is 22.2. The lowest BCUT2D eigenvalue weighted by molar-refractivity contribution is 0.375. The third-order valence-corrected chi connectivity index (χ3v) is 6.02. The molecule has 0 saturated heterocycles. The fourth-order valence-corrected chi connectivity index (χ4v) is 4.18. The highest BCUT2D eigenvalue weighted by Gasteiger charge is 2.20. The van der Waals surface area contributed by atoms with Crippen LogP contribution < -0.4 is 15.2 Å². The van der Waals surface area contributed by atoms with Gasteiger partial charge in [0.05, 0.1) is 29.8 Å². The molecule has 4 rings (SSSR count). The Morgan fingerprint density at radius 2 is 2.00 bits per heavy atom. The maximum absolute atomic E-state index is 12.9. The van der Waals surface area contributed by atoms with Crippen molar-refractivity contribution in [3.63, 3.8) is 0 Å². The van der Waals surface area contributed by atoms with Gasteiger partial charge >= 0.3 is 5.76 Å². The Labute approximate surface area is 177 Å². The number of nitrogens with zero attached hydrogens (tertiary/aromatic N) is 3. The summed E-state index contributed by atoms with van der Waals surface area (Å²) in [6, 6.07) is 9.35. The number of nitrogens with one attached hydrogen (secondary N) is 1. The molecule has 4 aromatic rings. The van der Waals surface area contributed by atoms with Crippen LogP contribution in [0.15, 0.2) is 55.0 Å². The van der Waals surface area contributed by atoms with E-state index >= 15 is 0 Å². The molecule has 0 bridgehead atoms. The zero-order valence-corrected chi connectivity index (χ0v) is 17.9. The predicted octanol–water partition coefficient (Wildman–Crippen LogP) is 2.71. The van der Waals surface area contributed by atoms with Gasteiger partial charge in [-0.1, -0.05) is 18.1 Å². The maximum Gasteiger partial charge on any atom is 0.420 e. The van der Waals surface area contributed by atoms with Gasteiger partial charge in [-0.2, -0.15) is 4.98 Å². The first-order valence-electron chi connectivity index (χ1n) is 9.43. The van der Waals surface area contributed by atoms with E-state index in [0.717, 1.165) is 5.56 Å². The Morgan fingerprint density at radius 3 is 2.71 bits per heavy atom. The van der Waals surface area contributed by atoms with Crippen LogP contribution in [0.5, 0.6) is 5.75 Å². The van der Waals surface area contributed by atoms with E-state index in [1.807, 2.05) is 19.9 Å². The van der Waals surface area contributed by atoms with E-state index in [1.54, 1.807) is 12.1 Å². The van der Waals surface area contributed by atoms with Gasteiger partial charge in [0.15, 0.2) is 11.4 Å². The number of hydrogen-bond donors (Lipinski definition) is 1. The number of aromatic nitrogens is 3. The second-order valence-electron chi connectivity index (χ2n) is 6.85. The van der Waals surface area contributed by atoms with E-state index in [2.05, 4.69) is 14.9 Å². The Balaban J connectivity index is 1.68. The molecule has 0 spiro atoms. The van der Waals surface area contributed by atoms with E-state index in [0.29, 0.717) is 35.1 Å². The Kier molecular flexibility index (Phi) is 5.27. The minimum atomic E-state index is -3.96. The lowest BCUT2D eigenvalue weighted by atomic mass is 10.2. The quantitative estimate of drug-likeness (QED) is 0.461. The zero-order valence-electron chi connectivity index (χ0n) is 17.1. The number of hydrogen-bond acceptors (Lipinski definition) is 8. The molecule has 2 aromatic heterocycles. The number of methoxy groups -OCH3 is 1. The second-order valence-corrected chi connectivity index (χ2v) is 8.53. The van der Waals surface area contributed by atoms with E-state index in [9.17, 15) is 13.2 Å². The summed E-state index contributed by atoms with van der Waals surface area (Å²) in [6.45, 7) is 3.76. The number of oxazole rings is 1. The molecule has 1 N–H and O–H groups in total. The van der Waals surface area contributed by atoms with E-state index in [1.165, 1.54) is 29.9 Å². The third-order valence-electron chi connectivity index (χ3n) is 4.66. The normalized spacial score (nSPS) is 11.7. The van der Waals surface area contributed by atoms with Crippen LogP contribution in [0, 0.1) is 6.92 Å². The van der Waals surface area contributed by atoms with Gasteiger partial charge in [0.2, 0.25) is 5.89 Å². The van der Waals surface area contributed by atoms with E-state index in [-0.39, 0.29) is 17.0 Å². The summed E-state index contributed by atoms with van der Waals surface area (Å²) in [7, 11) is -2.50. The van der Waals surface area contributed by atoms with Crippen LogP contribution in [-0.4, -0.2) is 30.2 Å². The van der Waals surface area contributed by atoms with Crippen molar-refractivity contribution in [1.82, 2.24) is 14.7 Å². The highest BCUT2D eigenvalue weighted by Crippen LogP contribution is 2.28. The average molecular weight is 444 g/mol. The van der Waals surface area contributed by atoms with Gasteiger partial charge < -0.3 is 13.7 Å². The Morgan fingerprint density at radius 1 is 1.19 bits per heavy atom. The van der Waals surface area contributed by atoms with Crippen molar-refractivity contribution in [1.29, 1.82) is 0 Å². The van der Waals surface area contributed by atoms with E-state index in [4.69, 9.17) is 13.7 Å². The number of rotatable bonds is 7. The highest BCUT2D eigenvalue weighted by atomic mass is 32.2. The SMILES string of the molecule is CCc1nc(Cn2c(=O)oc3cc(S(=O)(=O)Nc4cc(C)ccc4OC)ccc32)no1. The predicted molar refractivity (Wildman–Crippen MR) is 112 cm³/mol. The molecular weight excluding hydrogens is 424 g/mol. The third kappa shape index (κ3) is 4.04. The topological polar surface area (TPSA) is 129 Å². The molecule has 2 aromatic carbocycles. The molecule has 11 heteroatoms. The average Bonchev–Trinajstić information content (AvgIpc) is 3.32. The summed E-state index contributed by atoms with van der Waals surface area (Å²) in [4.78, 5) is 16.4. The van der Waals surface area contributed by atoms with Crippen LogP contribution in [0.4, 0.5) is 5.69 Å². The summed E-state index contributed by atoms with van der Waals surface area (Å²) in [5.41, 5.74) is 1.72.